The highest BCUT2D eigenvalue weighted by Gasteiger charge is 2.68. The van der Waals surface area contributed by atoms with Gasteiger partial charge in [0.1, 0.15) is 6.10 Å². The molecule has 0 aromatic heterocycles. The van der Waals surface area contributed by atoms with Crippen molar-refractivity contribution < 1.29 is 19.1 Å². The molecule has 0 N–H and O–H groups in total. The SMILES string of the molecule is CC(=O)O[C@@H]1CCC[C@]2(C)[C@@H]3CC[C@]4(C)[C@H](CC[C@@H]4[C@H](C)CCCC(C)C)[C@H]3CC[C@@]12OC(C)=O. The molecule has 0 bridgehead atoms. The molecule has 4 rings (SSSR count). The van der Waals surface area contributed by atoms with Crippen molar-refractivity contribution in [2.45, 2.75) is 137 Å². The van der Waals surface area contributed by atoms with Crippen LogP contribution in [0, 0.1) is 46.3 Å². The Kier molecular flexibility index (Phi) is 7.72. The maximum Gasteiger partial charge on any atom is 0.303 e. The number of carbonyl (C=O) groups excluding carboxylic acids is 2. The highest BCUT2D eigenvalue weighted by atomic mass is 16.6. The monoisotopic (exact) mass is 488 g/mol. The third-order valence-corrected chi connectivity index (χ3v) is 11.6. The van der Waals surface area contributed by atoms with E-state index in [9.17, 15) is 9.59 Å². The normalized spacial score (nSPS) is 43.6. The molecule has 0 aromatic carbocycles. The van der Waals surface area contributed by atoms with Crippen molar-refractivity contribution in [3.63, 3.8) is 0 Å². The molecule has 0 aliphatic heterocycles. The van der Waals surface area contributed by atoms with Crippen molar-refractivity contribution in [2.24, 2.45) is 46.3 Å². The number of esters is 2. The first kappa shape index (κ1) is 27.0. The molecule has 0 aromatic rings. The van der Waals surface area contributed by atoms with E-state index in [0.29, 0.717) is 17.3 Å². The summed E-state index contributed by atoms with van der Waals surface area (Å²) in [5.74, 6) is 3.99. The van der Waals surface area contributed by atoms with Gasteiger partial charge in [0, 0.05) is 19.3 Å². The zero-order valence-electron chi connectivity index (χ0n) is 23.7. The molecule has 4 nitrogen and oxygen atoms in total. The Hall–Kier alpha value is -1.06. The minimum atomic E-state index is -0.667. The molecule has 4 aliphatic carbocycles. The largest absolute Gasteiger partial charge is 0.458 e. The summed E-state index contributed by atoms with van der Waals surface area (Å²) in [7, 11) is 0. The fourth-order valence-electron chi connectivity index (χ4n) is 10.1. The molecular weight excluding hydrogens is 436 g/mol. The van der Waals surface area contributed by atoms with Gasteiger partial charge >= 0.3 is 11.9 Å². The second-order valence-electron chi connectivity index (χ2n) is 13.8. The first-order chi connectivity index (χ1) is 16.4. The van der Waals surface area contributed by atoms with Crippen LogP contribution in [0.5, 0.6) is 0 Å². The van der Waals surface area contributed by atoms with E-state index in [1.807, 2.05) is 0 Å². The Morgan fingerprint density at radius 2 is 1.60 bits per heavy atom. The molecule has 4 fully saturated rings. The summed E-state index contributed by atoms with van der Waals surface area (Å²) in [6, 6.07) is 0. The van der Waals surface area contributed by atoms with Crippen molar-refractivity contribution in [2.75, 3.05) is 0 Å². The van der Waals surface area contributed by atoms with Gasteiger partial charge in [-0.05, 0) is 98.7 Å². The van der Waals surface area contributed by atoms with Crippen molar-refractivity contribution in [1.29, 1.82) is 0 Å². The smallest absolute Gasteiger partial charge is 0.303 e. The van der Waals surface area contributed by atoms with E-state index in [-0.39, 0.29) is 23.5 Å². The molecule has 4 aliphatic rings. The Balaban J connectivity index is 1.58. The minimum Gasteiger partial charge on any atom is -0.458 e. The molecule has 200 valence electrons. The third kappa shape index (κ3) is 4.58. The number of hydrogen-bond acceptors (Lipinski definition) is 4. The van der Waals surface area contributed by atoms with Crippen LogP contribution in [0.4, 0.5) is 0 Å². The van der Waals surface area contributed by atoms with Crippen LogP contribution in [-0.4, -0.2) is 23.6 Å². The molecule has 0 amide bonds. The van der Waals surface area contributed by atoms with Crippen molar-refractivity contribution >= 4 is 11.9 Å². The summed E-state index contributed by atoms with van der Waals surface area (Å²) >= 11 is 0. The minimum absolute atomic E-state index is 0.123. The lowest BCUT2D eigenvalue weighted by Crippen LogP contribution is -2.68. The van der Waals surface area contributed by atoms with Crippen LogP contribution in [0.15, 0.2) is 0 Å². The van der Waals surface area contributed by atoms with Crippen molar-refractivity contribution in [1.82, 2.24) is 0 Å². The maximum atomic E-state index is 12.4. The number of ether oxygens (including phenoxy) is 2. The van der Waals surface area contributed by atoms with Gasteiger partial charge in [-0.25, -0.2) is 0 Å². The summed E-state index contributed by atoms with van der Waals surface area (Å²) in [5, 5.41) is 0. The number of fused-ring (bicyclic) bond motifs is 5. The Bertz CT molecular complexity index is 791. The van der Waals surface area contributed by atoms with Gasteiger partial charge in [0.05, 0.1) is 0 Å². The van der Waals surface area contributed by atoms with Crippen molar-refractivity contribution in [3.05, 3.63) is 0 Å². The highest BCUT2D eigenvalue weighted by Crippen LogP contribution is 2.70. The average Bonchev–Trinajstić information content (AvgIpc) is 3.11. The quantitative estimate of drug-likeness (QED) is 0.344. The Morgan fingerprint density at radius 3 is 2.26 bits per heavy atom. The lowest BCUT2D eigenvalue weighted by atomic mass is 9.42. The van der Waals surface area contributed by atoms with Crippen molar-refractivity contribution in [3.8, 4) is 0 Å². The van der Waals surface area contributed by atoms with Crippen LogP contribution in [0.25, 0.3) is 0 Å². The van der Waals surface area contributed by atoms with Gasteiger partial charge in [-0.3, -0.25) is 9.59 Å². The van der Waals surface area contributed by atoms with E-state index >= 15 is 0 Å². The number of hydrogen-bond donors (Lipinski definition) is 0. The van der Waals surface area contributed by atoms with Gasteiger partial charge in [-0.1, -0.05) is 53.9 Å². The van der Waals surface area contributed by atoms with E-state index in [2.05, 4.69) is 34.6 Å². The zero-order valence-corrected chi connectivity index (χ0v) is 23.7. The van der Waals surface area contributed by atoms with Gasteiger partial charge in [-0.15, -0.1) is 0 Å². The lowest BCUT2D eigenvalue weighted by Gasteiger charge is -2.65. The van der Waals surface area contributed by atoms with E-state index in [1.54, 1.807) is 0 Å². The second-order valence-corrected chi connectivity index (χ2v) is 13.8. The maximum absolute atomic E-state index is 12.4. The Morgan fingerprint density at radius 1 is 0.857 bits per heavy atom. The third-order valence-electron chi connectivity index (χ3n) is 11.6. The molecule has 0 radical (unpaired) electrons. The average molecular weight is 489 g/mol. The zero-order chi connectivity index (χ0) is 25.6. The first-order valence-corrected chi connectivity index (χ1v) is 14.8. The first-order valence-electron chi connectivity index (χ1n) is 14.8. The van der Waals surface area contributed by atoms with Crippen LogP contribution in [0.3, 0.4) is 0 Å². The molecular formula is C31H52O4. The number of carbonyl (C=O) groups is 2. The fourth-order valence-corrected chi connectivity index (χ4v) is 10.1. The second kappa shape index (κ2) is 10.0. The summed E-state index contributed by atoms with van der Waals surface area (Å²) in [4.78, 5) is 24.5. The Labute approximate surface area is 214 Å². The van der Waals surface area contributed by atoms with Crippen LogP contribution >= 0.6 is 0 Å². The molecule has 9 atom stereocenters. The topological polar surface area (TPSA) is 52.6 Å². The van der Waals surface area contributed by atoms with E-state index in [1.165, 1.54) is 58.8 Å². The van der Waals surface area contributed by atoms with E-state index in [0.717, 1.165) is 55.8 Å². The summed E-state index contributed by atoms with van der Waals surface area (Å²) < 4.78 is 12.2. The van der Waals surface area contributed by atoms with Crippen LogP contribution in [-0.2, 0) is 19.1 Å². The molecule has 0 spiro atoms. The standard InChI is InChI=1S/C31H52O4/c1-20(2)10-8-11-21(3)25-13-14-26-24-15-19-31(35-23(5)33)28(34-22(4)32)12-9-17-30(31,7)27(24)16-18-29(25,26)6/h20-21,24-28H,8-19H2,1-7H3/t21-,24-,25-,26-,27-,28-,29+,30-,31-/m1/s1. The summed E-state index contributed by atoms with van der Waals surface area (Å²) in [5.41, 5.74) is -0.345. The van der Waals surface area contributed by atoms with Crippen LogP contribution in [0.1, 0.15) is 126 Å². The summed E-state index contributed by atoms with van der Waals surface area (Å²) in [6.45, 7) is 15.2. The van der Waals surface area contributed by atoms with Gasteiger partial charge in [0.15, 0.2) is 5.60 Å². The molecule has 4 heteroatoms. The predicted octanol–water partition coefficient (Wildman–Crippen LogP) is 7.73. The van der Waals surface area contributed by atoms with Gasteiger partial charge in [0.25, 0.3) is 0 Å². The predicted molar refractivity (Wildman–Crippen MR) is 140 cm³/mol. The van der Waals surface area contributed by atoms with E-state index in [4.69, 9.17) is 9.47 Å². The molecule has 4 saturated carbocycles. The van der Waals surface area contributed by atoms with Gasteiger partial charge in [-0.2, -0.15) is 0 Å². The highest BCUT2D eigenvalue weighted by molar-refractivity contribution is 5.68. The van der Waals surface area contributed by atoms with Gasteiger partial charge in [0.2, 0.25) is 0 Å². The molecule has 0 unspecified atom stereocenters. The van der Waals surface area contributed by atoms with E-state index < -0.39 is 5.60 Å². The molecule has 0 heterocycles. The lowest BCUT2D eigenvalue weighted by molar-refractivity contribution is -0.263. The van der Waals surface area contributed by atoms with Crippen LogP contribution < -0.4 is 0 Å². The van der Waals surface area contributed by atoms with Crippen LogP contribution in [0.2, 0.25) is 0 Å². The molecule has 35 heavy (non-hydrogen) atoms. The molecule has 0 saturated heterocycles. The van der Waals surface area contributed by atoms with Gasteiger partial charge < -0.3 is 9.47 Å². The summed E-state index contributed by atoms with van der Waals surface area (Å²) in [6.07, 6.45) is 13.9. The fraction of sp³-hybridized carbons (Fsp3) is 0.935. The number of rotatable bonds is 7.